The topological polar surface area (TPSA) is 98.7 Å². The molecule has 0 unspecified atom stereocenters. The van der Waals surface area contributed by atoms with Gasteiger partial charge in [-0.3, -0.25) is 0 Å². The minimum Gasteiger partial charge on any atom is -0.465 e. The minimum atomic E-state index is -1.02. The van der Waals surface area contributed by atoms with Crippen molar-refractivity contribution in [2.24, 2.45) is 0 Å². The zero-order valence-corrected chi connectivity index (χ0v) is 9.25. The van der Waals surface area contributed by atoms with Crippen molar-refractivity contribution in [2.75, 3.05) is 13.1 Å². The van der Waals surface area contributed by atoms with Crippen LogP contribution in [0.25, 0.3) is 0 Å². The Morgan fingerprint density at radius 3 is 1.47 bits per heavy atom. The van der Waals surface area contributed by atoms with Crippen molar-refractivity contribution in [3.8, 4) is 0 Å². The molecule has 0 spiro atoms. The van der Waals surface area contributed by atoms with Gasteiger partial charge in [-0.25, -0.2) is 9.59 Å². The lowest BCUT2D eigenvalue weighted by Crippen LogP contribution is -2.23. The van der Waals surface area contributed by atoms with E-state index in [1.165, 1.54) is 0 Å². The number of nitrogens with one attached hydrogen (secondary N) is 2. The molecule has 0 bridgehead atoms. The predicted octanol–water partition coefficient (Wildman–Crippen LogP) is 1.72. The first-order chi connectivity index (χ1) is 7.13. The summed E-state index contributed by atoms with van der Waals surface area (Å²) in [4.78, 5) is 20.0. The molecule has 15 heavy (non-hydrogen) atoms. The molecule has 0 fully saturated rings. The molecule has 0 radical (unpaired) electrons. The lowest BCUT2D eigenvalue weighted by Gasteiger charge is -2.01. The maximum atomic E-state index is 9.98. The Hall–Kier alpha value is -1.46. The van der Waals surface area contributed by atoms with Gasteiger partial charge >= 0.3 is 12.2 Å². The molecule has 0 atom stereocenters. The molecular weight excluding hydrogens is 200 g/mol. The second-order valence-electron chi connectivity index (χ2n) is 2.52. The smallest absolute Gasteiger partial charge is 0.404 e. The van der Waals surface area contributed by atoms with Gasteiger partial charge in [0.1, 0.15) is 0 Å². The van der Waals surface area contributed by atoms with E-state index in [2.05, 4.69) is 10.6 Å². The second-order valence-corrected chi connectivity index (χ2v) is 2.52. The van der Waals surface area contributed by atoms with Gasteiger partial charge < -0.3 is 20.8 Å². The van der Waals surface area contributed by atoms with Crippen LogP contribution in [-0.2, 0) is 0 Å². The van der Waals surface area contributed by atoms with Gasteiger partial charge in [0.25, 0.3) is 0 Å². The first-order valence-corrected chi connectivity index (χ1v) is 5.06. The fourth-order valence-electron chi connectivity index (χ4n) is 0.817. The summed E-state index contributed by atoms with van der Waals surface area (Å²) in [7, 11) is 0. The molecule has 6 heteroatoms. The summed E-state index contributed by atoms with van der Waals surface area (Å²) in [5.74, 6) is 0. The quantitative estimate of drug-likeness (QED) is 0.512. The van der Waals surface area contributed by atoms with Crippen molar-refractivity contribution in [3.05, 3.63) is 0 Å². The normalized spacial score (nSPS) is 8.40. The van der Waals surface area contributed by atoms with E-state index < -0.39 is 12.2 Å². The van der Waals surface area contributed by atoms with Gasteiger partial charge in [0.15, 0.2) is 0 Å². The molecule has 0 saturated heterocycles. The number of hydrogen-bond acceptors (Lipinski definition) is 2. The summed E-state index contributed by atoms with van der Waals surface area (Å²) < 4.78 is 0. The van der Waals surface area contributed by atoms with Crippen molar-refractivity contribution in [1.82, 2.24) is 10.6 Å². The van der Waals surface area contributed by atoms with E-state index in [1.807, 2.05) is 13.8 Å². The van der Waals surface area contributed by atoms with Crippen LogP contribution >= 0.6 is 0 Å². The second kappa shape index (κ2) is 12.5. The summed E-state index contributed by atoms with van der Waals surface area (Å²) in [6.07, 6.45) is 0.217. The van der Waals surface area contributed by atoms with Gasteiger partial charge in [-0.15, -0.1) is 0 Å². The molecule has 6 nitrogen and oxygen atoms in total. The summed E-state index contributed by atoms with van der Waals surface area (Å²) in [5.41, 5.74) is 0. The predicted molar refractivity (Wildman–Crippen MR) is 57.3 cm³/mol. The van der Waals surface area contributed by atoms with Crippen LogP contribution in [0.4, 0.5) is 9.59 Å². The van der Waals surface area contributed by atoms with E-state index in [9.17, 15) is 9.59 Å². The zero-order valence-electron chi connectivity index (χ0n) is 9.25. The average molecular weight is 220 g/mol. The molecule has 0 aromatic rings. The highest BCUT2D eigenvalue weighted by Crippen LogP contribution is 1.91. The van der Waals surface area contributed by atoms with Crippen molar-refractivity contribution in [1.29, 1.82) is 0 Å². The molecular formula is C9H20N2O4. The summed E-state index contributed by atoms with van der Waals surface area (Å²) >= 11 is 0. The van der Waals surface area contributed by atoms with Crippen molar-refractivity contribution in [2.45, 2.75) is 33.1 Å². The molecule has 0 aliphatic heterocycles. The van der Waals surface area contributed by atoms with Gasteiger partial charge in [0, 0.05) is 13.1 Å². The number of rotatable bonds is 6. The van der Waals surface area contributed by atoms with Gasteiger partial charge in [-0.05, 0) is 19.3 Å². The number of carboxylic acid groups (broad SMARTS) is 2. The molecule has 90 valence electrons. The average Bonchev–Trinajstić information content (AvgIpc) is 2.18. The van der Waals surface area contributed by atoms with Gasteiger partial charge in [0.2, 0.25) is 0 Å². The van der Waals surface area contributed by atoms with Crippen LogP contribution < -0.4 is 10.6 Å². The third-order valence-electron chi connectivity index (χ3n) is 1.41. The number of unbranched alkanes of at least 4 members (excludes halogenated alkanes) is 2. The van der Waals surface area contributed by atoms with Crippen LogP contribution in [0.15, 0.2) is 0 Å². The number of hydrogen-bond donors (Lipinski definition) is 4. The monoisotopic (exact) mass is 220 g/mol. The third-order valence-corrected chi connectivity index (χ3v) is 1.41. The molecule has 0 aliphatic rings. The zero-order chi connectivity index (χ0) is 12.1. The van der Waals surface area contributed by atoms with Crippen LogP contribution in [0.3, 0.4) is 0 Å². The van der Waals surface area contributed by atoms with E-state index in [-0.39, 0.29) is 0 Å². The summed E-state index contributed by atoms with van der Waals surface area (Å²) in [6, 6.07) is 0. The van der Waals surface area contributed by atoms with Gasteiger partial charge in [-0.2, -0.15) is 0 Å². The van der Waals surface area contributed by atoms with E-state index in [0.717, 1.165) is 19.3 Å². The van der Waals surface area contributed by atoms with Crippen LogP contribution in [0.1, 0.15) is 33.1 Å². The first-order valence-electron chi connectivity index (χ1n) is 5.06. The molecule has 4 N–H and O–H groups in total. The van der Waals surface area contributed by atoms with Crippen LogP contribution in [0.2, 0.25) is 0 Å². The van der Waals surface area contributed by atoms with E-state index in [0.29, 0.717) is 13.1 Å². The van der Waals surface area contributed by atoms with Crippen molar-refractivity contribution >= 4 is 12.2 Å². The van der Waals surface area contributed by atoms with Crippen LogP contribution in [0.5, 0.6) is 0 Å². The SMILES string of the molecule is CC.O=C(O)NCCCCCNC(=O)O. The Labute approximate surface area is 89.7 Å². The Balaban J connectivity index is 0. The van der Waals surface area contributed by atoms with E-state index in [4.69, 9.17) is 10.2 Å². The summed E-state index contributed by atoms with van der Waals surface area (Å²) in [5, 5.41) is 20.8. The molecule has 0 aliphatic carbocycles. The fraction of sp³-hybridized carbons (Fsp3) is 0.778. The lowest BCUT2D eigenvalue weighted by atomic mass is 10.2. The molecule has 0 saturated carbocycles. The third kappa shape index (κ3) is 19.1. The Kier molecular flexibility index (Phi) is 13.4. The van der Waals surface area contributed by atoms with Crippen molar-refractivity contribution in [3.63, 3.8) is 0 Å². The Morgan fingerprint density at radius 2 is 1.20 bits per heavy atom. The highest BCUT2D eigenvalue weighted by Gasteiger charge is 1.95. The first kappa shape index (κ1) is 16.0. The lowest BCUT2D eigenvalue weighted by molar-refractivity contribution is 0.194. The maximum absolute atomic E-state index is 9.98. The van der Waals surface area contributed by atoms with E-state index in [1.54, 1.807) is 0 Å². The van der Waals surface area contributed by atoms with Crippen molar-refractivity contribution < 1.29 is 19.8 Å². The molecule has 0 heterocycles. The number of carbonyl (C=O) groups is 2. The Bertz CT molecular complexity index is 155. The minimum absolute atomic E-state index is 0.419. The molecule has 0 aromatic carbocycles. The van der Waals surface area contributed by atoms with E-state index >= 15 is 0 Å². The highest BCUT2D eigenvalue weighted by atomic mass is 16.4. The Morgan fingerprint density at radius 1 is 0.867 bits per heavy atom. The fourth-order valence-corrected chi connectivity index (χ4v) is 0.817. The molecule has 0 aromatic heterocycles. The molecule has 0 rings (SSSR count). The number of amides is 2. The highest BCUT2D eigenvalue weighted by molar-refractivity contribution is 5.64. The van der Waals surface area contributed by atoms with Gasteiger partial charge in [-0.1, -0.05) is 13.8 Å². The summed E-state index contributed by atoms with van der Waals surface area (Å²) in [6.45, 7) is 4.84. The van der Waals surface area contributed by atoms with Crippen LogP contribution in [-0.4, -0.2) is 35.5 Å². The van der Waals surface area contributed by atoms with Crippen LogP contribution in [0, 0.1) is 0 Å². The standard InChI is InChI=1S/C7H14N2O4.C2H6/c10-6(11)8-4-2-1-3-5-9-7(12)13;1-2/h8-9H,1-5H2,(H,10,11)(H,12,13);1-2H3. The van der Waals surface area contributed by atoms with Gasteiger partial charge in [0.05, 0.1) is 0 Å². The largest absolute Gasteiger partial charge is 0.465 e. The molecule has 2 amide bonds. The maximum Gasteiger partial charge on any atom is 0.404 e.